The van der Waals surface area contributed by atoms with Gasteiger partial charge in [-0.15, -0.1) is 0 Å². The lowest BCUT2D eigenvalue weighted by atomic mass is 9.84. The van der Waals surface area contributed by atoms with Gasteiger partial charge in [0.05, 0.1) is 0 Å². The van der Waals surface area contributed by atoms with E-state index in [-0.39, 0.29) is 0 Å². The highest BCUT2D eigenvalue weighted by molar-refractivity contribution is 6.29. The minimum atomic E-state index is 1.24. The molecule has 0 aromatic heterocycles. The Bertz CT molecular complexity index is 3210. The topological polar surface area (TPSA) is 0 Å². The Hall–Kier alpha value is -6.50. The van der Waals surface area contributed by atoms with Crippen molar-refractivity contribution in [1.82, 2.24) is 0 Å². The summed E-state index contributed by atoms with van der Waals surface area (Å²) in [5.41, 5.74) is 18.4. The van der Waals surface area contributed by atoms with Gasteiger partial charge >= 0.3 is 0 Å². The van der Waals surface area contributed by atoms with Crippen LogP contribution in [0.15, 0.2) is 158 Å². The molecule has 10 aromatic carbocycles. The molecule has 0 saturated carbocycles. The van der Waals surface area contributed by atoms with Crippen LogP contribution >= 0.6 is 0 Å². The lowest BCUT2D eigenvalue weighted by Crippen LogP contribution is -1.91. The maximum Gasteiger partial charge on any atom is -0.00260 e. The first-order valence-corrected chi connectivity index (χ1v) is 18.3. The van der Waals surface area contributed by atoms with E-state index in [4.69, 9.17) is 0 Å². The Balaban J connectivity index is 1.27. The fourth-order valence-corrected chi connectivity index (χ4v) is 9.77. The monoisotopic (exact) mass is 656 g/mol. The van der Waals surface area contributed by atoms with Crippen molar-refractivity contribution < 1.29 is 0 Å². The highest BCUT2D eigenvalue weighted by Crippen LogP contribution is 2.54. The summed E-state index contributed by atoms with van der Waals surface area (Å²) in [4.78, 5) is 0. The van der Waals surface area contributed by atoms with Gasteiger partial charge in [0, 0.05) is 0 Å². The first-order chi connectivity index (χ1) is 25.6. The number of hydrogen-bond acceptors (Lipinski definition) is 0. The molecule has 0 N–H and O–H groups in total. The molecule has 240 valence electrons. The zero-order valence-corrected chi connectivity index (χ0v) is 29.0. The zero-order chi connectivity index (χ0) is 34.2. The second-order valence-corrected chi connectivity index (χ2v) is 15.0. The van der Waals surface area contributed by atoms with Crippen LogP contribution in [0.1, 0.15) is 11.1 Å². The average molecular weight is 657 g/mol. The third-order valence-corrected chi connectivity index (χ3v) is 11.9. The van der Waals surface area contributed by atoms with Gasteiger partial charge in [-0.25, -0.2) is 0 Å². The quantitative estimate of drug-likeness (QED) is 0.162. The summed E-state index contributed by atoms with van der Waals surface area (Å²) in [6.45, 7) is 4.46. The van der Waals surface area contributed by atoms with Crippen LogP contribution < -0.4 is 0 Å². The number of hydrogen-bond donors (Lipinski definition) is 0. The minimum absolute atomic E-state index is 1.24. The van der Waals surface area contributed by atoms with Gasteiger partial charge in [0.25, 0.3) is 0 Å². The Morgan fingerprint density at radius 2 is 0.635 bits per heavy atom. The Morgan fingerprint density at radius 1 is 0.250 bits per heavy atom. The largest absolute Gasteiger partial charge is 0.0622 e. The number of fused-ring (bicyclic) bond motifs is 11. The van der Waals surface area contributed by atoms with Crippen molar-refractivity contribution in [3.63, 3.8) is 0 Å². The van der Waals surface area contributed by atoms with E-state index in [1.807, 2.05) is 0 Å². The normalized spacial score (nSPS) is 12.4. The van der Waals surface area contributed by atoms with E-state index in [2.05, 4.69) is 172 Å². The maximum absolute atomic E-state index is 2.52. The van der Waals surface area contributed by atoms with Gasteiger partial charge in [0.2, 0.25) is 0 Å². The first kappa shape index (κ1) is 28.2. The van der Waals surface area contributed by atoms with E-state index >= 15 is 0 Å². The van der Waals surface area contributed by atoms with Gasteiger partial charge < -0.3 is 0 Å². The van der Waals surface area contributed by atoms with Crippen molar-refractivity contribution in [2.75, 3.05) is 0 Å². The summed E-state index contributed by atoms with van der Waals surface area (Å²) in [6.07, 6.45) is 0. The molecule has 10 aromatic rings. The van der Waals surface area contributed by atoms with Crippen LogP contribution in [0.5, 0.6) is 0 Å². The van der Waals surface area contributed by atoms with E-state index in [0.717, 1.165) is 0 Å². The lowest BCUT2D eigenvalue weighted by Gasteiger charge is -2.19. The van der Waals surface area contributed by atoms with Crippen molar-refractivity contribution in [3.8, 4) is 66.8 Å². The SMILES string of the molecule is Cc1cc2c3c(cc(C)cc3c1)-c1cc3c(cc1-2)c(-c1ccccc1)cc1c2cc4c(cc2c(-c2ccccc2)cc31)-c1cccc2cccc-4c12. The molecular formula is C52H32. The summed E-state index contributed by atoms with van der Waals surface area (Å²) in [7, 11) is 0. The molecule has 0 nitrogen and oxygen atoms in total. The van der Waals surface area contributed by atoms with Crippen molar-refractivity contribution in [3.05, 3.63) is 169 Å². The van der Waals surface area contributed by atoms with Crippen LogP contribution in [0.4, 0.5) is 0 Å². The van der Waals surface area contributed by atoms with Crippen molar-refractivity contribution >= 4 is 53.9 Å². The zero-order valence-electron chi connectivity index (χ0n) is 29.0. The van der Waals surface area contributed by atoms with Crippen LogP contribution in [-0.2, 0) is 0 Å². The van der Waals surface area contributed by atoms with Gasteiger partial charge in [-0.2, -0.15) is 0 Å². The van der Waals surface area contributed by atoms with Gasteiger partial charge in [0.15, 0.2) is 0 Å². The number of aryl methyl sites for hydroxylation is 2. The maximum atomic E-state index is 2.52. The summed E-state index contributed by atoms with van der Waals surface area (Å²) < 4.78 is 0. The van der Waals surface area contributed by atoms with Crippen LogP contribution in [-0.4, -0.2) is 0 Å². The fourth-order valence-electron chi connectivity index (χ4n) is 9.77. The lowest BCUT2D eigenvalue weighted by molar-refractivity contribution is 1.48. The molecule has 0 amide bonds. The highest BCUT2D eigenvalue weighted by atomic mass is 14.3. The van der Waals surface area contributed by atoms with Gasteiger partial charge in [0.1, 0.15) is 0 Å². The molecule has 0 radical (unpaired) electrons. The molecule has 12 rings (SSSR count). The molecule has 0 atom stereocenters. The molecule has 0 spiro atoms. The fraction of sp³-hybridized carbons (Fsp3) is 0.0385. The molecule has 0 fully saturated rings. The first-order valence-electron chi connectivity index (χ1n) is 18.3. The van der Waals surface area contributed by atoms with Gasteiger partial charge in [-0.1, -0.05) is 121 Å². The van der Waals surface area contributed by atoms with Crippen molar-refractivity contribution in [2.45, 2.75) is 13.8 Å². The molecule has 0 heterocycles. The van der Waals surface area contributed by atoms with Crippen LogP contribution in [0, 0.1) is 13.8 Å². The molecular weight excluding hydrogens is 625 g/mol. The predicted molar refractivity (Wildman–Crippen MR) is 223 cm³/mol. The van der Waals surface area contributed by atoms with Crippen molar-refractivity contribution in [1.29, 1.82) is 0 Å². The van der Waals surface area contributed by atoms with Gasteiger partial charge in [-0.3, -0.25) is 0 Å². The Labute approximate surface area is 302 Å². The molecule has 0 bridgehead atoms. The highest BCUT2D eigenvalue weighted by Gasteiger charge is 2.27. The van der Waals surface area contributed by atoms with E-state index in [1.54, 1.807) is 0 Å². The third kappa shape index (κ3) is 3.71. The van der Waals surface area contributed by atoms with Crippen LogP contribution in [0.3, 0.4) is 0 Å². The molecule has 52 heavy (non-hydrogen) atoms. The van der Waals surface area contributed by atoms with Gasteiger partial charge in [-0.05, 0) is 182 Å². The molecule has 0 aliphatic heterocycles. The van der Waals surface area contributed by atoms with E-state index in [1.165, 1.54) is 132 Å². The second kappa shape index (κ2) is 10.1. The summed E-state index contributed by atoms with van der Waals surface area (Å²) in [5.74, 6) is 0. The minimum Gasteiger partial charge on any atom is -0.0622 e. The van der Waals surface area contributed by atoms with E-state index in [0.29, 0.717) is 0 Å². The standard InChI is InChI=1S/C52H32/c1-29-19-34-20-30(2)22-50-48-28-46-42(27-47(48)49(21-29)52(34)50)38(32-13-7-4-8-14-32)24-43-44(46)23-37(31-11-5-3-6-12-31)41-25-39-35-17-9-15-33-16-10-18-36(51(33)35)40(39)26-45(41)43/h3-28H,1-2H3. The predicted octanol–water partition coefficient (Wildman–Crippen LogP) is 14.7. The van der Waals surface area contributed by atoms with Crippen molar-refractivity contribution in [2.24, 2.45) is 0 Å². The van der Waals surface area contributed by atoms with E-state index in [9.17, 15) is 0 Å². The molecule has 2 aliphatic rings. The van der Waals surface area contributed by atoms with Crippen LogP contribution in [0.25, 0.3) is 121 Å². The summed E-state index contributed by atoms with van der Waals surface area (Å²) in [6, 6.07) is 60.0. The Morgan fingerprint density at radius 3 is 1.12 bits per heavy atom. The third-order valence-electron chi connectivity index (χ3n) is 11.9. The average Bonchev–Trinajstić information content (AvgIpc) is 3.66. The Kier molecular flexibility index (Phi) is 5.46. The smallest absolute Gasteiger partial charge is 0.00260 e. The number of benzene rings is 10. The molecule has 2 aliphatic carbocycles. The summed E-state index contributed by atoms with van der Waals surface area (Å²) >= 11 is 0. The second-order valence-electron chi connectivity index (χ2n) is 15.0. The van der Waals surface area contributed by atoms with Crippen LogP contribution in [0.2, 0.25) is 0 Å². The van der Waals surface area contributed by atoms with E-state index < -0.39 is 0 Å². The molecule has 0 saturated heterocycles. The summed E-state index contributed by atoms with van der Waals surface area (Å²) in [5, 5.41) is 13.2. The molecule has 0 unspecified atom stereocenters. The molecule has 0 heteroatoms. The number of rotatable bonds is 2.